The SMILES string of the molecule is CCN1CCC[C@H]1C(=O)OC(=O)[C@@H](N)CCCN=C(N)N. The summed E-state index contributed by atoms with van der Waals surface area (Å²) >= 11 is 0. The van der Waals surface area contributed by atoms with Crippen LogP contribution in [-0.2, 0) is 14.3 Å². The molecule has 8 nitrogen and oxygen atoms in total. The largest absolute Gasteiger partial charge is 0.391 e. The fourth-order valence-electron chi connectivity index (χ4n) is 2.35. The maximum atomic E-state index is 12.0. The summed E-state index contributed by atoms with van der Waals surface area (Å²) in [6, 6.07) is -1.16. The van der Waals surface area contributed by atoms with Crippen molar-refractivity contribution in [2.45, 2.75) is 44.7 Å². The highest BCUT2D eigenvalue weighted by Gasteiger charge is 2.32. The number of ether oxygens (including phenoxy) is 1. The van der Waals surface area contributed by atoms with Gasteiger partial charge in [-0.3, -0.25) is 9.89 Å². The molecule has 21 heavy (non-hydrogen) atoms. The number of nitrogens with zero attached hydrogens (tertiary/aromatic N) is 2. The third-order valence-electron chi connectivity index (χ3n) is 3.51. The summed E-state index contributed by atoms with van der Waals surface area (Å²) in [6.07, 6.45) is 2.57. The number of nitrogens with two attached hydrogens (primary N) is 3. The van der Waals surface area contributed by atoms with Gasteiger partial charge in [-0.15, -0.1) is 0 Å². The Morgan fingerprint density at radius 2 is 2.14 bits per heavy atom. The van der Waals surface area contributed by atoms with Crippen LogP contribution in [0.4, 0.5) is 0 Å². The number of likely N-dealkylation sites (tertiary alicyclic amines) is 1. The molecule has 6 N–H and O–H groups in total. The summed E-state index contributed by atoms with van der Waals surface area (Å²) in [5.41, 5.74) is 16.1. The second-order valence-corrected chi connectivity index (χ2v) is 5.08. The van der Waals surface area contributed by atoms with Crippen molar-refractivity contribution >= 4 is 17.9 Å². The molecule has 1 heterocycles. The Bertz CT molecular complexity index is 395. The van der Waals surface area contributed by atoms with Gasteiger partial charge in [0.25, 0.3) is 0 Å². The zero-order chi connectivity index (χ0) is 15.8. The van der Waals surface area contributed by atoms with Gasteiger partial charge in [0, 0.05) is 6.54 Å². The van der Waals surface area contributed by atoms with Crippen molar-refractivity contribution < 1.29 is 14.3 Å². The van der Waals surface area contributed by atoms with Gasteiger partial charge < -0.3 is 21.9 Å². The number of guanidine groups is 1. The molecule has 120 valence electrons. The molecule has 0 spiro atoms. The lowest BCUT2D eigenvalue weighted by Gasteiger charge is -2.21. The molecule has 0 saturated carbocycles. The molecular weight excluding hydrogens is 274 g/mol. The van der Waals surface area contributed by atoms with Crippen LogP contribution in [-0.4, -0.2) is 54.5 Å². The van der Waals surface area contributed by atoms with Gasteiger partial charge in [-0.2, -0.15) is 0 Å². The second kappa shape index (κ2) is 8.58. The number of likely N-dealkylation sites (N-methyl/N-ethyl adjacent to an activating group) is 1. The molecule has 0 aromatic carbocycles. The summed E-state index contributed by atoms with van der Waals surface area (Å²) in [5.74, 6) is -1.19. The summed E-state index contributed by atoms with van der Waals surface area (Å²) in [5, 5.41) is 0. The average molecular weight is 299 g/mol. The maximum Gasteiger partial charge on any atom is 0.331 e. The lowest BCUT2D eigenvalue weighted by atomic mass is 10.1. The summed E-state index contributed by atoms with van der Waals surface area (Å²) < 4.78 is 4.88. The predicted octanol–water partition coefficient (Wildman–Crippen LogP) is -1.08. The first-order valence-electron chi connectivity index (χ1n) is 7.26. The molecule has 1 fully saturated rings. The Kier molecular flexibility index (Phi) is 7.10. The quantitative estimate of drug-likeness (QED) is 0.179. The van der Waals surface area contributed by atoms with Crippen LogP contribution >= 0.6 is 0 Å². The van der Waals surface area contributed by atoms with E-state index >= 15 is 0 Å². The van der Waals surface area contributed by atoms with E-state index in [1.807, 2.05) is 11.8 Å². The van der Waals surface area contributed by atoms with Crippen LogP contribution in [0.1, 0.15) is 32.6 Å². The van der Waals surface area contributed by atoms with Crippen LogP contribution in [0.5, 0.6) is 0 Å². The highest BCUT2D eigenvalue weighted by Crippen LogP contribution is 2.18. The molecule has 0 amide bonds. The highest BCUT2D eigenvalue weighted by molar-refractivity contribution is 5.90. The van der Waals surface area contributed by atoms with Crippen molar-refractivity contribution in [1.29, 1.82) is 0 Å². The van der Waals surface area contributed by atoms with E-state index in [0.717, 1.165) is 25.9 Å². The zero-order valence-electron chi connectivity index (χ0n) is 12.5. The van der Waals surface area contributed by atoms with E-state index in [0.29, 0.717) is 19.4 Å². The lowest BCUT2D eigenvalue weighted by Crippen LogP contribution is -2.41. The molecule has 0 aromatic heterocycles. The molecule has 0 radical (unpaired) electrons. The van der Waals surface area contributed by atoms with Gasteiger partial charge in [-0.05, 0) is 38.8 Å². The van der Waals surface area contributed by atoms with Crippen molar-refractivity contribution in [1.82, 2.24) is 4.90 Å². The first kappa shape index (κ1) is 17.4. The molecular formula is C13H25N5O3. The standard InChI is InChI=1S/C13H25N5O3/c1-2-18-8-4-6-10(18)12(20)21-11(19)9(14)5-3-7-17-13(15)16/h9-10H,2-8,14H2,1H3,(H4,15,16,17)/t9-,10-/m0/s1. The van der Waals surface area contributed by atoms with E-state index in [1.165, 1.54) is 0 Å². The summed E-state index contributed by atoms with van der Waals surface area (Å²) in [6.45, 7) is 3.99. The van der Waals surface area contributed by atoms with Crippen molar-refractivity contribution in [2.75, 3.05) is 19.6 Å². The van der Waals surface area contributed by atoms with Crippen molar-refractivity contribution in [3.05, 3.63) is 0 Å². The first-order chi connectivity index (χ1) is 9.95. The van der Waals surface area contributed by atoms with E-state index < -0.39 is 18.0 Å². The number of carbonyl (C=O) groups excluding carboxylic acids is 2. The van der Waals surface area contributed by atoms with Crippen molar-refractivity contribution in [3.63, 3.8) is 0 Å². The number of aliphatic imine (C=N–C) groups is 1. The molecule has 1 aliphatic rings. The maximum absolute atomic E-state index is 12.0. The van der Waals surface area contributed by atoms with E-state index in [4.69, 9.17) is 21.9 Å². The zero-order valence-corrected chi connectivity index (χ0v) is 12.5. The third-order valence-corrected chi connectivity index (χ3v) is 3.51. The first-order valence-corrected chi connectivity index (χ1v) is 7.26. The third kappa shape index (κ3) is 5.68. The summed E-state index contributed by atoms with van der Waals surface area (Å²) in [7, 11) is 0. The monoisotopic (exact) mass is 299 g/mol. The van der Waals surface area contributed by atoms with E-state index in [9.17, 15) is 9.59 Å². The Morgan fingerprint density at radius 1 is 1.43 bits per heavy atom. The highest BCUT2D eigenvalue weighted by atomic mass is 16.6. The second-order valence-electron chi connectivity index (χ2n) is 5.08. The predicted molar refractivity (Wildman–Crippen MR) is 79.3 cm³/mol. The van der Waals surface area contributed by atoms with Crippen molar-refractivity contribution in [3.8, 4) is 0 Å². The number of carbonyl (C=O) groups is 2. The van der Waals surface area contributed by atoms with Gasteiger partial charge in [0.1, 0.15) is 12.1 Å². The van der Waals surface area contributed by atoms with Crippen LogP contribution in [0.2, 0.25) is 0 Å². The van der Waals surface area contributed by atoms with Gasteiger partial charge in [0.2, 0.25) is 0 Å². The van der Waals surface area contributed by atoms with E-state index in [-0.39, 0.29) is 12.0 Å². The number of hydrogen-bond acceptors (Lipinski definition) is 6. The van der Waals surface area contributed by atoms with Gasteiger partial charge in [-0.1, -0.05) is 6.92 Å². The Labute approximate surface area is 124 Å². The molecule has 1 saturated heterocycles. The van der Waals surface area contributed by atoms with Crippen LogP contribution in [0.15, 0.2) is 4.99 Å². The van der Waals surface area contributed by atoms with E-state index in [2.05, 4.69) is 4.99 Å². The molecule has 1 aliphatic heterocycles. The molecule has 1 rings (SSSR count). The Hall–Kier alpha value is -1.67. The molecule has 0 bridgehead atoms. The number of hydrogen-bond donors (Lipinski definition) is 3. The molecule has 0 aliphatic carbocycles. The Balaban J connectivity index is 2.34. The average Bonchev–Trinajstić information content (AvgIpc) is 2.91. The van der Waals surface area contributed by atoms with Crippen LogP contribution in [0.3, 0.4) is 0 Å². The lowest BCUT2D eigenvalue weighted by molar-refractivity contribution is -0.163. The molecule has 2 atom stereocenters. The van der Waals surface area contributed by atoms with Gasteiger partial charge in [0.05, 0.1) is 0 Å². The minimum Gasteiger partial charge on any atom is -0.391 e. The van der Waals surface area contributed by atoms with Crippen LogP contribution < -0.4 is 17.2 Å². The van der Waals surface area contributed by atoms with Gasteiger partial charge in [-0.25, -0.2) is 9.59 Å². The Morgan fingerprint density at radius 3 is 2.76 bits per heavy atom. The fourth-order valence-corrected chi connectivity index (χ4v) is 2.35. The molecule has 0 unspecified atom stereocenters. The summed E-state index contributed by atoms with van der Waals surface area (Å²) in [4.78, 5) is 29.5. The fraction of sp³-hybridized carbons (Fsp3) is 0.769. The number of esters is 2. The molecule has 8 heteroatoms. The van der Waals surface area contributed by atoms with Gasteiger partial charge >= 0.3 is 11.9 Å². The smallest absolute Gasteiger partial charge is 0.331 e. The minimum absolute atomic E-state index is 0.00205. The van der Waals surface area contributed by atoms with E-state index in [1.54, 1.807) is 0 Å². The molecule has 0 aromatic rings. The number of rotatable bonds is 7. The minimum atomic E-state index is -0.834. The van der Waals surface area contributed by atoms with Gasteiger partial charge in [0.15, 0.2) is 5.96 Å². The van der Waals surface area contributed by atoms with Crippen LogP contribution in [0, 0.1) is 0 Å². The van der Waals surface area contributed by atoms with Crippen molar-refractivity contribution in [2.24, 2.45) is 22.2 Å². The van der Waals surface area contributed by atoms with Crippen LogP contribution in [0.25, 0.3) is 0 Å². The topological polar surface area (TPSA) is 137 Å². The normalized spacial score (nSPS) is 20.0.